The Morgan fingerprint density at radius 3 is 1.46 bits per heavy atom. The molecule has 0 spiro atoms. The number of carbonyl (C=O) groups is 4. The van der Waals surface area contributed by atoms with E-state index in [1.165, 1.54) is 44.2 Å². The van der Waals surface area contributed by atoms with Crippen LogP contribution >= 0.6 is 0 Å². The van der Waals surface area contributed by atoms with Crippen molar-refractivity contribution in [3.63, 3.8) is 0 Å². The zero-order chi connectivity index (χ0) is 57.4. The number of amides is 4. The van der Waals surface area contributed by atoms with E-state index in [0.717, 1.165) is 46.5 Å². The van der Waals surface area contributed by atoms with E-state index in [4.69, 9.17) is 37.9 Å². The zero-order valence-corrected chi connectivity index (χ0v) is 44.6. The van der Waals surface area contributed by atoms with Crippen molar-refractivity contribution in [1.82, 2.24) is 21.3 Å². The van der Waals surface area contributed by atoms with Crippen LogP contribution in [0.4, 0.5) is 0 Å². The Morgan fingerprint density at radius 1 is 0.551 bits per heavy atom. The smallest absolute Gasteiger partial charge is 0.397 e. The first-order valence-corrected chi connectivity index (χ1v) is 27.3. The standard InChI is InChI=1S/C48H78N4O25S/c1-5-6-7-8-9-10-11-12-13-17-69-27-16-14-15-26(18-27)44(64)52-33-37(60)36(59)28(19-53)72-46(33)75-41-29(20-54)73-47(34(39(41)62)50-24(3)57)76-42-30(21-55)74-48(35(40(42)63)51-25(4)58)77-43-31(22-70-78(66,67)68)71-45(65)32(38(43)61)49-23(2)56/h14-16,18,28-43,45-48,53-55,59-63,65H,5-13,17,19-22H2,1-4H3,(H,49,56)(H,50,57)(H,51,58)(H,52,64)(H,66,67,68)/t28-,29-,30-,31-,32-,33-,34-,35-,36-,37-,38-,39-,40-,41-,42-,43-,45?,46+,47+,48+/m1/s1. The van der Waals surface area contributed by atoms with Crippen LogP contribution in [0.2, 0.25) is 0 Å². The summed E-state index contributed by atoms with van der Waals surface area (Å²) in [6.45, 7) is 1.68. The molecular formula is C48H78N4O25S. The fraction of sp³-hybridized carbons (Fsp3) is 0.792. The van der Waals surface area contributed by atoms with Gasteiger partial charge in [-0.15, -0.1) is 0 Å². The lowest BCUT2D eigenvalue weighted by atomic mass is 9.93. The first-order valence-electron chi connectivity index (χ1n) is 26.0. The Morgan fingerprint density at radius 2 is 0.987 bits per heavy atom. The molecule has 4 saturated heterocycles. The summed E-state index contributed by atoms with van der Waals surface area (Å²) in [4.78, 5) is 51.1. The second-order valence-electron chi connectivity index (χ2n) is 19.6. The molecule has 0 radical (unpaired) electrons. The van der Waals surface area contributed by atoms with Gasteiger partial charge in [-0.2, -0.15) is 8.42 Å². The van der Waals surface area contributed by atoms with Crippen LogP contribution in [0.5, 0.6) is 5.75 Å². The lowest BCUT2D eigenvalue weighted by Crippen LogP contribution is -2.71. The Labute approximate surface area is 451 Å². The van der Waals surface area contributed by atoms with Crippen molar-refractivity contribution < 1.29 is 120 Å². The zero-order valence-electron chi connectivity index (χ0n) is 43.8. The molecule has 446 valence electrons. The Bertz CT molecular complexity index is 2170. The topological polar surface area (TPSA) is 436 Å². The second-order valence-corrected chi connectivity index (χ2v) is 20.7. The molecule has 4 aliphatic heterocycles. The average Bonchev–Trinajstić information content (AvgIpc) is 3.47. The summed E-state index contributed by atoms with van der Waals surface area (Å²) >= 11 is 0. The van der Waals surface area contributed by atoms with Crippen molar-refractivity contribution >= 4 is 34.0 Å². The van der Waals surface area contributed by atoms with Gasteiger partial charge in [0, 0.05) is 26.3 Å². The largest absolute Gasteiger partial charge is 0.494 e. The van der Waals surface area contributed by atoms with Gasteiger partial charge in [0.25, 0.3) is 5.91 Å². The lowest BCUT2D eigenvalue weighted by molar-refractivity contribution is -0.361. The van der Waals surface area contributed by atoms with Crippen LogP contribution < -0.4 is 26.0 Å². The number of aliphatic hydroxyl groups is 9. The normalized spacial score (nSPS) is 35.3. The lowest BCUT2D eigenvalue weighted by Gasteiger charge is -2.51. The van der Waals surface area contributed by atoms with Crippen molar-refractivity contribution in [1.29, 1.82) is 0 Å². The summed E-state index contributed by atoms with van der Waals surface area (Å²) in [5.41, 5.74) is 0.0727. The average molecular weight is 1140 g/mol. The molecule has 1 unspecified atom stereocenters. The van der Waals surface area contributed by atoms with E-state index in [-0.39, 0.29) is 5.56 Å². The van der Waals surface area contributed by atoms with Gasteiger partial charge in [-0.1, -0.05) is 64.4 Å². The number of nitrogens with one attached hydrogen (secondary N) is 4. The molecule has 0 aromatic heterocycles. The summed E-state index contributed by atoms with van der Waals surface area (Å²) in [6.07, 6.45) is -19.4. The van der Waals surface area contributed by atoms with Gasteiger partial charge in [0.2, 0.25) is 17.7 Å². The molecule has 29 nitrogen and oxygen atoms in total. The maximum atomic E-state index is 13.8. The third-order valence-electron chi connectivity index (χ3n) is 13.6. The summed E-state index contributed by atoms with van der Waals surface area (Å²) in [5, 5.41) is 109. The van der Waals surface area contributed by atoms with E-state index in [1.807, 2.05) is 0 Å². The van der Waals surface area contributed by atoms with Crippen molar-refractivity contribution in [3.8, 4) is 5.75 Å². The number of ether oxygens (including phenoxy) is 8. The van der Waals surface area contributed by atoms with Crippen LogP contribution in [0.1, 0.15) is 95.8 Å². The van der Waals surface area contributed by atoms with Gasteiger partial charge >= 0.3 is 10.4 Å². The molecular weight excluding hydrogens is 1060 g/mol. The van der Waals surface area contributed by atoms with E-state index in [2.05, 4.69) is 32.4 Å². The Hall–Kier alpha value is -3.87. The quantitative estimate of drug-likeness (QED) is 0.0280. The number of rotatable bonds is 28. The minimum atomic E-state index is -5.16. The van der Waals surface area contributed by atoms with Crippen LogP contribution in [0, 0.1) is 0 Å². The van der Waals surface area contributed by atoms with Gasteiger partial charge in [-0.05, 0) is 24.6 Å². The third-order valence-corrected chi connectivity index (χ3v) is 14.0. The van der Waals surface area contributed by atoms with E-state index in [9.17, 15) is 78.1 Å². The molecule has 14 N–H and O–H groups in total. The fourth-order valence-electron chi connectivity index (χ4n) is 9.64. The first-order chi connectivity index (χ1) is 37.0. The predicted octanol–water partition coefficient (Wildman–Crippen LogP) is -4.14. The van der Waals surface area contributed by atoms with Crippen molar-refractivity contribution in [2.24, 2.45) is 0 Å². The number of carbonyl (C=O) groups excluding carboxylic acids is 4. The van der Waals surface area contributed by atoms with Crippen LogP contribution in [0.3, 0.4) is 0 Å². The highest BCUT2D eigenvalue weighted by atomic mass is 32.3. The molecule has 4 aliphatic rings. The van der Waals surface area contributed by atoms with Gasteiger partial charge in [-0.25, -0.2) is 4.18 Å². The van der Waals surface area contributed by atoms with Gasteiger partial charge in [-0.3, -0.25) is 23.7 Å². The van der Waals surface area contributed by atoms with Gasteiger partial charge in [0.05, 0.1) is 33.0 Å². The van der Waals surface area contributed by atoms with Gasteiger partial charge in [0.1, 0.15) is 103 Å². The van der Waals surface area contributed by atoms with E-state index >= 15 is 0 Å². The van der Waals surface area contributed by atoms with Gasteiger partial charge < -0.3 is 105 Å². The van der Waals surface area contributed by atoms with Gasteiger partial charge in [0.15, 0.2) is 25.2 Å². The minimum Gasteiger partial charge on any atom is -0.494 e. The summed E-state index contributed by atoms with van der Waals surface area (Å²) in [7, 11) is -5.16. The molecule has 78 heavy (non-hydrogen) atoms. The van der Waals surface area contributed by atoms with Crippen LogP contribution in [-0.4, -0.2) is 238 Å². The molecule has 0 bridgehead atoms. The highest BCUT2D eigenvalue weighted by Crippen LogP contribution is 2.35. The molecule has 1 aromatic rings. The second kappa shape index (κ2) is 30.8. The summed E-state index contributed by atoms with van der Waals surface area (Å²) in [5.74, 6) is -2.81. The van der Waals surface area contributed by atoms with Crippen molar-refractivity contribution in [2.75, 3.05) is 33.0 Å². The fourth-order valence-corrected chi connectivity index (χ4v) is 9.95. The maximum Gasteiger partial charge on any atom is 0.397 e. The van der Waals surface area contributed by atoms with Crippen LogP contribution in [0.15, 0.2) is 24.3 Å². The van der Waals surface area contributed by atoms with E-state index in [1.54, 1.807) is 12.1 Å². The molecule has 30 heteroatoms. The molecule has 20 atom stereocenters. The summed E-state index contributed by atoms with van der Waals surface area (Å²) in [6, 6.07) is -0.593. The molecule has 4 heterocycles. The number of hydrogen-bond acceptors (Lipinski definition) is 24. The molecule has 4 fully saturated rings. The van der Waals surface area contributed by atoms with E-state index in [0.29, 0.717) is 12.4 Å². The highest BCUT2D eigenvalue weighted by molar-refractivity contribution is 7.80. The SMILES string of the molecule is CCCCCCCCCCCOc1cccc(C(=O)N[C@H]2[C@H](O[C@H]3[C@H](O)[C@@H](NC(C)=O)[C@H](O[C@H]4[C@H](O)[C@@H](NC(C)=O)[C@H](O[C@H]5[C@H](O)[C@@H](NC(C)=O)C(O)O[C@@H]5COS(=O)(=O)O)O[C@@H]4CO)O[C@@H]3CO)O[C@H](CO)[C@@H](O)[C@@H]2O)c1. The molecule has 5 rings (SSSR count). The maximum absolute atomic E-state index is 13.8. The number of aliphatic hydroxyl groups excluding tert-OH is 9. The van der Waals surface area contributed by atoms with Crippen molar-refractivity contribution in [3.05, 3.63) is 29.8 Å². The molecule has 4 amide bonds. The van der Waals surface area contributed by atoms with E-state index < -0.39 is 183 Å². The Balaban J connectivity index is 1.34. The van der Waals surface area contributed by atoms with Crippen LogP contribution in [0.25, 0.3) is 0 Å². The third kappa shape index (κ3) is 18.1. The summed E-state index contributed by atoms with van der Waals surface area (Å²) < 4.78 is 84.0. The van der Waals surface area contributed by atoms with Crippen molar-refractivity contribution in [2.45, 2.75) is 208 Å². The first kappa shape index (κ1) is 64.9. The minimum absolute atomic E-state index is 0.0727. The highest BCUT2D eigenvalue weighted by Gasteiger charge is 2.56. The monoisotopic (exact) mass is 1140 g/mol. The molecule has 0 aliphatic carbocycles. The predicted molar refractivity (Wildman–Crippen MR) is 264 cm³/mol. The molecule has 1 aromatic carbocycles. The Kier molecular flexibility index (Phi) is 25.7. The number of hydrogen-bond donors (Lipinski definition) is 14. The number of benzene rings is 1. The van der Waals surface area contributed by atoms with Crippen LogP contribution in [-0.2, 0) is 62.1 Å². The molecule has 0 saturated carbocycles. The number of unbranched alkanes of at least 4 members (excludes halogenated alkanes) is 8.